The van der Waals surface area contributed by atoms with Gasteiger partial charge in [-0.05, 0) is 24.6 Å². The maximum atomic E-state index is 11.8. The topological polar surface area (TPSA) is 34.1 Å². The molecule has 0 radical (unpaired) electrons. The molecule has 0 amide bonds. The van der Waals surface area contributed by atoms with E-state index < -0.39 is 0 Å². The maximum Gasteiger partial charge on any atom is 0.213 e. The molecule has 0 unspecified atom stereocenters. The fourth-order valence-electron chi connectivity index (χ4n) is 1.10. The SMILES string of the molecule is COc1cc(CNCCCF)ccn1. The number of ether oxygens (including phenoxy) is 1. The van der Waals surface area contributed by atoms with Crippen molar-refractivity contribution in [2.45, 2.75) is 13.0 Å². The van der Waals surface area contributed by atoms with Crippen molar-refractivity contribution in [2.24, 2.45) is 0 Å². The Morgan fingerprint density at radius 3 is 3.14 bits per heavy atom. The maximum absolute atomic E-state index is 11.8. The van der Waals surface area contributed by atoms with Crippen LogP contribution in [0.4, 0.5) is 4.39 Å². The largest absolute Gasteiger partial charge is 0.481 e. The van der Waals surface area contributed by atoms with Crippen LogP contribution in [0, 0.1) is 0 Å². The van der Waals surface area contributed by atoms with Gasteiger partial charge in [0, 0.05) is 18.8 Å². The molecule has 0 aliphatic rings. The van der Waals surface area contributed by atoms with E-state index in [1.165, 1.54) is 0 Å². The molecule has 0 bridgehead atoms. The second-order valence-electron chi connectivity index (χ2n) is 2.93. The molecule has 1 rings (SSSR count). The molecule has 1 heterocycles. The standard InChI is InChI=1S/C10H15FN2O/c1-14-10-7-9(3-6-13-10)8-12-5-2-4-11/h3,6-7,12H,2,4-5,8H2,1H3. The quantitative estimate of drug-likeness (QED) is 0.704. The first kappa shape index (κ1) is 10.9. The number of alkyl halides is 1. The van der Waals surface area contributed by atoms with Gasteiger partial charge in [0.15, 0.2) is 0 Å². The van der Waals surface area contributed by atoms with Crippen LogP contribution in [0.3, 0.4) is 0 Å². The van der Waals surface area contributed by atoms with Crippen LogP contribution in [0.25, 0.3) is 0 Å². The number of methoxy groups -OCH3 is 1. The summed E-state index contributed by atoms with van der Waals surface area (Å²) in [5.41, 5.74) is 1.09. The van der Waals surface area contributed by atoms with Gasteiger partial charge in [-0.15, -0.1) is 0 Å². The average molecular weight is 198 g/mol. The number of rotatable bonds is 6. The van der Waals surface area contributed by atoms with Crippen molar-refractivity contribution in [3.05, 3.63) is 23.9 Å². The summed E-state index contributed by atoms with van der Waals surface area (Å²) in [6, 6.07) is 3.77. The second-order valence-corrected chi connectivity index (χ2v) is 2.93. The highest BCUT2D eigenvalue weighted by Crippen LogP contribution is 2.07. The Morgan fingerprint density at radius 2 is 2.43 bits per heavy atom. The summed E-state index contributed by atoms with van der Waals surface area (Å²) in [7, 11) is 1.59. The van der Waals surface area contributed by atoms with Crippen LogP contribution in [0.2, 0.25) is 0 Å². The molecule has 0 saturated heterocycles. The lowest BCUT2D eigenvalue weighted by Gasteiger charge is -2.04. The molecule has 1 N–H and O–H groups in total. The molecule has 0 saturated carbocycles. The minimum absolute atomic E-state index is 0.271. The molecule has 0 aromatic carbocycles. The van der Waals surface area contributed by atoms with Gasteiger partial charge in [-0.25, -0.2) is 4.98 Å². The van der Waals surface area contributed by atoms with Gasteiger partial charge < -0.3 is 10.1 Å². The third-order valence-corrected chi connectivity index (χ3v) is 1.82. The Bertz CT molecular complexity index is 268. The van der Waals surface area contributed by atoms with Crippen LogP contribution in [0.5, 0.6) is 5.88 Å². The van der Waals surface area contributed by atoms with Crippen molar-refractivity contribution in [3.63, 3.8) is 0 Å². The zero-order chi connectivity index (χ0) is 10.2. The molecule has 0 aliphatic carbocycles. The van der Waals surface area contributed by atoms with Crippen LogP contribution in [-0.2, 0) is 6.54 Å². The van der Waals surface area contributed by atoms with E-state index >= 15 is 0 Å². The Kier molecular flexibility index (Phi) is 4.93. The Labute approximate surface area is 83.3 Å². The van der Waals surface area contributed by atoms with Gasteiger partial charge in [0.2, 0.25) is 5.88 Å². The molecule has 0 aliphatic heterocycles. The van der Waals surface area contributed by atoms with E-state index in [4.69, 9.17) is 4.74 Å². The molecule has 3 nitrogen and oxygen atoms in total. The van der Waals surface area contributed by atoms with E-state index in [0.29, 0.717) is 18.8 Å². The summed E-state index contributed by atoms with van der Waals surface area (Å²) in [5, 5.41) is 3.13. The molecule has 0 fully saturated rings. The molecule has 78 valence electrons. The summed E-state index contributed by atoms with van der Waals surface area (Å²) < 4.78 is 16.8. The fraction of sp³-hybridized carbons (Fsp3) is 0.500. The van der Waals surface area contributed by atoms with E-state index in [-0.39, 0.29) is 6.67 Å². The predicted octanol–water partition coefficient (Wildman–Crippen LogP) is 1.54. The van der Waals surface area contributed by atoms with Crippen molar-refractivity contribution >= 4 is 0 Å². The number of aromatic nitrogens is 1. The van der Waals surface area contributed by atoms with Gasteiger partial charge in [0.1, 0.15) is 0 Å². The first-order valence-electron chi connectivity index (χ1n) is 4.62. The normalized spacial score (nSPS) is 10.1. The fourth-order valence-corrected chi connectivity index (χ4v) is 1.10. The summed E-state index contributed by atoms with van der Waals surface area (Å²) in [6.07, 6.45) is 2.26. The zero-order valence-corrected chi connectivity index (χ0v) is 8.29. The minimum atomic E-state index is -0.271. The van der Waals surface area contributed by atoms with Gasteiger partial charge in [-0.2, -0.15) is 0 Å². The van der Waals surface area contributed by atoms with E-state index in [1.807, 2.05) is 12.1 Å². The van der Waals surface area contributed by atoms with Crippen molar-refractivity contribution < 1.29 is 9.13 Å². The van der Waals surface area contributed by atoms with Gasteiger partial charge in [0.05, 0.1) is 13.8 Å². The minimum Gasteiger partial charge on any atom is -0.481 e. The lowest BCUT2D eigenvalue weighted by molar-refractivity contribution is 0.397. The summed E-state index contributed by atoms with van der Waals surface area (Å²) >= 11 is 0. The van der Waals surface area contributed by atoms with Crippen LogP contribution in [-0.4, -0.2) is 25.3 Å². The lowest BCUT2D eigenvalue weighted by Crippen LogP contribution is -2.15. The van der Waals surface area contributed by atoms with E-state index in [2.05, 4.69) is 10.3 Å². The molecule has 1 aromatic heterocycles. The van der Waals surface area contributed by atoms with Crippen molar-refractivity contribution in [2.75, 3.05) is 20.3 Å². The molecular weight excluding hydrogens is 183 g/mol. The van der Waals surface area contributed by atoms with E-state index in [0.717, 1.165) is 12.1 Å². The van der Waals surface area contributed by atoms with Crippen LogP contribution in [0.15, 0.2) is 18.3 Å². The molecule has 4 heteroatoms. The Morgan fingerprint density at radius 1 is 1.57 bits per heavy atom. The van der Waals surface area contributed by atoms with Crippen molar-refractivity contribution in [3.8, 4) is 5.88 Å². The smallest absolute Gasteiger partial charge is 0.213 e. The highest BCUT2D eigenvalue weighted by molar-refractivity contribution is 5.20. The molecular formula is C10H15FN2O. The van der Waals surface area contributed by atoms with E-state index in [1.54, 1.807) is 13.3 Å². The second kappa shape index (κ2) is 6.32. The molecule has 0 atom stereocenters. The van der Waals surface area contributed by atoms with Crippen molar-refractivity contribution in [1.29, 1.82) is 0 Å². The molecule has 14 heavy (non-hydrogen) atoms. The summed E-state index contributed by atoms with van der Waals surface area (Å²) in [4.78, 5) is 3.99. The monoisotopic (exact) mass is 198 g/mol. The van der Waals surface area contributed by atoms with Crippen LogP contribution < -0.4 is 10.1 Å². The van der Waals surface area contributed by atoms with Gasteiger partial charge in [-0.3, -0.25) is 4.39 Å². The highest BCUT2D eigenvalue weighted by atomic mass is 19.1. The zero-order valence-electron chi connectivity index (χ0n) is 8.29. The Hall–Kier alpha value is -1.16. The third kappa shape index (κ3) is 3.70. The molecule has 0 spiro atoms. The number of nitrogens with one attached hydrogen (secondary N) is 1. The number of pyridine rings is 1. The average Bonchev–Trinajstić information content (AvgIpc) is 2.25. The van der Waals surface area contributed by atoms with Crippen molar-refractivity contribution in [1.82, 2.24) is 10.3 Å². The van der Waals surface area contributed by atoms with Crippen LogP contribution in [0.1, 0.15) is 12.0 Å². The van der Waals surface area contributed by atoms with Gasteiger partial charge in [0.25, 0.3) is 0 Å². The first-order valence-corrected chi connectivity index (χ1v) is 4.62. The molecule has 1 aromatic rings. The number of nitrogens with zero attached hydrogens (tertiary/aromatic N) is 1. The number of hydrogen-bond acceptors (Lipinski definition) is 3. The Balaban J connectivity index is 2.34. The van der Waals surface area contributed by atoms with Crippen LogP contribution >= 0.6 is 0 Å². The summed E-state index contributed by atoms with van der Waals surface area (Å²) in [6.45, 7) is 1.15. The summed E-state index contributed by atoms with van der Waals surface area (Å²) in [5.74, 6) is 0.606. The number of halogens is 1. The lowest BCUT2D eigenvalue weighted by atomic mass is 10.2. The van der Waals surface area contributed by atoms with Gasteiger partial charge >= 0.3 is 0 Å². The predicted molar refractivity (Wildman–Crippen MR) is 53.1 cm³/mol. The first-order chi connectivity index (χ1) is 6.86. The van der Waals surface area contributed by atoms with Gasteiger partial charge in [-0.1, -0.05) is 0 Å². The van der Waals surface area contributed by atoms with E-state index in [9.17, 15) is 4.39 Å². The number of hydrogen-bond donors (Lipinski definition) is 1. The highest BCUT2D eigenvalue weighted by Gasteiger charge is 1.96. The third-order valence-electron chi connectivity index (χ3n) is 1.82.